The zero-order valence-corrected chi connectivity index (χ0v) is 24.5. The van der Waals surface area contributed by atoms with Gasteiger partial charge in [0.25, 0.3) is 5.67 Å². The third kappa shape index (κ3) is 5.31. The highest BCUT2D eigenvalue weighted by molar-refractivity contribution is 7.92. The monoisotopic (exact) mass is 635 g/mol. The van der Waals surface area contributed by atoms with Crippen LogP contribution in [0.3, 0.4) is 0 Å². The van der Waals surface area contributed by atoms with Gasteiger partial charge in [0.2, 0.25) is 5.91 Å². The van der Waals surface area contributed by atoms with Crippen molar-refractivity contribution >= 4 is 21.8 Å². The quantitative estimate of drug-likeness (QED) is 0.283. The summed E-state index contributed by atoms with van der Waals surface area (Å²) in [6.07, 6.45) is -5.43. The molecule has 0 N–H and O–H groups in total. The Kier molecular flexibility index (Phi) is 8.21. The number of piperazine rings is 1. The summed E-state index contributed by atoms with van der Waals surface area (Å²) < 4.78 is 99.0. The summed E-state index contributed by atoms with van der Waals surface area (Å²) in [5.74, 6) is -0.788. The van der Waals surface area contributed by atoms with E-state index in [-0.39, 0.29) is 49.0 Å². The maximum atomic E-state index is 16.0. The topological polar surface area (TPSA) is 78.0 Å². The molecule has 1 unspecified atom stereocenters. The number of nitrogens with zero attached hydrogens (tertiary/aromatic N) is 3. The first-order valence-electron chi connectivity index (χ1n) is 13.9. The third-order valence-corrected chi connectivity index (χ3v) is 11.0. The molecule has 2 aliphatic heterocycles. The van der Waals surface area contributed by atoms with Crippen LogP contribution in [0.1, 0.15) is 30.0 Å². The number of likely N-dealkylation sites (tertiary alicyclic amines) is 1. The normalized spacial score (nSPS) is 20.8. The van der Waals surface area contributed by atoms with Crippen molar-refractivity contribution in [3.8, 4) is 0 Å². The highest BCUT2D eigenvalue weighted by Crippen LogP contribution is 2.49. The molecule has 2 aliphatic rings. The van der Waals surface area contributed by atoms with E-state index in [1.807, 2.05) is 0 Å². The van der Waals surface area contributed by atoms with Crippen molar-refractivity contribution in [1.82, 2.24) is 14.7 Å². The lowest BCUT2D eigenvalue weighted by atomic mass is 9.85. The second-order valence-electron chi connectivity index (χ2n) is 11.0. The molecule has 13 heteroatoms. The summed E-state index contributed by atoms with van der Waals surface area (Å²) >= 11 is 0. The van der Waals surface area contributed by atoms with Gasteiger partial charge in [0, 0.05) is 57.3 Å². The van der Waals surface area contributed by atoms with Crippen molar-refractivity contribution in [2.45, 2.75) is 34.8 Å². The van der Waals surface area contributed by atoms with E-state index >= 15 is 4.39 Å². The highest BCUT2D eigenvalue weighted by atomic mass is 32.2. The average molecular weight is 636 g/mol. The van der Waals surface area contributed by atoms with Crippen LogP contribution in [0.5, 0.6) is 0 Å². The number of benzene rings is 3. The van der Waals surface area contributed by atoms with Gasteiger partial charge in [0.1, 0.15) is 10.6 Å². The molecule has 2 fully saturated rings. The van der Waals surface area contributed by atoms with Gasteiger partial charge in [-0.2, -0.15) is 13.2 Å². The van der Waals surface area contributed by atoms with Crippen LogP contribution in [0.25, 0.3) is 0 Å². The molecule has 3 aromatic rings. The minimum absolute atomic E-state index is 0.00749. The van der Waals surface area contributed by atoms with E-state index in [0.717, 1.165) is 60.7 Å². The van der Waals surface area contributed by atoms with Gasteiger partial charge in [-0.1, -0.05) is 54.6 Å². The number of amides is 3. The molecule has 0 bridgehead atoms. The van der Waals surface area contributed by atoms with Crippen molar-refractivity contribution in [2.75, 3.05) is 39.3 Å². The number of carbonyl (C=O) groups excluding carboxylic acids is 2. The molecular weight excluding hydrogens is 605 g/mol. The van der Waals surface area contributed by atoms with Gasteiger partial charge in [-0.05, 0) is 36.2 Å². The van der Waals surface area contributed by atoms with Crippen LogP contribution in [-0.2, 0) is 25.0 Å². The van der Waals surface area contributed by atoms with Crippen LogP contribution < -0.4 is 0 Å². The van der Waals surface area contributed by atoms with Gasteiger partial charge in [0.05, 0.1) is 4.90 Å². The largest absolute Gasteiger partial charge is 0.431 e. The maximum Gasteiger partial charge on any atom is 0.431 e. The summed E-state index contributed by atoms with van der Waals surface area (Å²) in [5, 5.41) is 0. The summed E-state index contributed by atoms with van der Waals surface area (Å²) in [6, 6.07) is 14.0. The molecule has 5 rings (SSSR count). The fourth-order valence-electron chi connectivity index (χ4n) is 5.97. The van der Waals surface area contributed by atoms with Crippen molar-refractivity contribution < 1.29 is 40.0 Å². The second-order valence-corrected chi connectivity index (χ2v) is 13.3. The van der Waals surface area contributed by atoms with E-state index in [1.165, 1.54) is 34.9 Å². The second kappa shape index (κ2) is 11.5. The predicted molar refractivity (Wildman–Crippen MR) is 152 cm³/mol. The first kappa shape index (κ1) is 31.4. The van der Waals surface area contributed by atoms with E-state index in [2.05, 4.69) is 0 Å². The van der Waals surface area contributed by atoms with Crippen molar-refractivity contribution in [3.63, 3.8) is 0 Å². The minimum atomic E-state index is -5.32. The van der Waals surface area contributed by atoms with Gasteiger partial charge in [-0.15, -0.1) is 0 Å². The Balaban J connectivity index is 1.53. The average Bonchev–Trinajstić information content (AvgIpc) is 3.48. The first-order valence-corrected chi connectivity index (χ1v) is 15.4. The van der Waals surface area contributed by atoms with Crippen molar-refractivity contribution in [1.29, 1.82) is 0 Å². The fraction of sp³-hybridized carbons (Fsp3) is 0.355. The number of rotatable bonds is 5. The number of sulfone groups is 1. The number of hydrogen-bond acceptors (Lipinski definition) is 4. The number of halogens is 5. The summed E-state index contributed by atoms with van der Waals surface area (Å²) in [5.41, 5.74) is -5.16. The summed E-state index contributed by atoms with van der Waals surface area (Å²) in [4.78, 5) is 29.4. The molecular formula is C31H30F5N3O4S. The maximum absolute atomic E-state index is 16.0. The van der Waals surface area contributed by atoms with Crippen LogP contribution in [-0.4, -0.2) is 80.5 Å². The van der Waals surface area contributed by atoms with Gasteiger partial charge >= 0.3 is 12.2 Å². The number of alkyl halides is 4. The van der Waals surface area contributed by atoms with Gasteiger partial charge in [-0.3, -0.25) is 4.79 Å². The lowest BCUT2D eigenvalue weighted by Crippen LogP contribution is -2.54. The van der Waals surface area contributed by atoms with Crippen LogP contribution in [0.15, 0.2) is 83.8 Å². The smallest absolute Gasteiger partial charge is 0.339 e. The van der Waals surface area contributed by atoms with Gasteiger partial charge in [0.15, 0.2) is 9.84 Å². The van der Waals surface area contributed by atoms with E-state index in [9.17, 15) is 35.6 Å². The molecule has 0 aromatic heterocycles. The SMILES string of the molecule is CC(=O)N1CCN(C(=O)N2CC[C@](c3ccc(C(F)(c4ccccc4)C(F)(F)F)cc3)(S(=O)(=O)c3ccc(F)cc3)C2)CC1. The fourth-order valence-corrected chi connectivity index (χ4v) is 8.05. The Morgan fingerprint density at radius 1 is 0.727 bits per heavy atom. The molecule has 0 aliphatic carbocycles. The summed E-state index contributed by atoms with van der Waals surface area (Å²) in [6.45, 7) is 2.24. The molecule has 3 aromatic carbocycles. The Labute approximate surface area is 251 Å². The molecule has 2 saturated heterocycles. The van der Waals surface area contributed by atoms with Crippen molar-refractivity contribution in [3.05, 3.63) is 101 Å². The van der Waals surface area contributed by atoms with E-state index < -0.39 is 49.4 Å². The van der Waals surface area contributed by atoms with E-state index in [4.69, 9.17) is 0 Å². The number of hydrogen-bond donors (Lipinski definition) is 0. The Morgan fingerprint density at radius 3 is 1.82 bits per heavy atom. The summed E-state index contributed by atoms with van der Waals surface area (Å²) in [7, 11) is -4.36. The third-order valence-electron chi connectivity index (χ3n) is 8.51. The lowest BCUT2D eigenvalue weighted by Gasteiger charge is -2.37. The standard InChI is InChI=1S/C31H30F5N3O4S/c1-22(40)37-17-19-38(20-18-37)28(41)39-16-15-29(21-39,44(42,43)27-13-11-26(32)12-14-27)23-7-9-25(10-8-23)30(33,31(34,35)36)24-5-3-2-4-6-24/h2-14H,15-21H2,1H3/t29-,30?/m0/s1. The Hall–Kier alpha value is -4.00. The number of carbonyl (C=O) groups is 2. The molecule has 0 saturated carbocycles. The van der Waals surface area contributed by atoms with Crippen LogP contribution in [0, 0.1) is 5.82 Å². The minimum Gasteiger partial charge on any atom is -0.339 e. The number of urea groups is 1. The van der Waals surface area contributed by atoms with Crippen LogP contribution in [0.2, 0.25) is 0 Å². The molecule has 2 heterocycles. The molecule has 3 amide bonds. The van der Waals surface area contributed by atoms with Crippen LogP contribution >= 0.6 is 0 Å². The molecule has 0 radical (unpaired) electrons. The van der Waals surface area contributed by atoms with Crippen molar-refractivity contribution in [2.24, 2.45) is 0 Å². The zero-order valence-electron chi connectivity index (χ0n) is 23.7. The molecule has 7 nitrogen and oxygen atoms in total. The molecule has 2 atom stereocenters. The van der Waals surface area contributed by atoms with Gasteiger partial charge < -0.3 is 14.7 Å². The predicted octanol–water partition coefficient (Wildman–Crippen LogP) is 5.26. The van der Waals surface area contributed by atoms with Gasteiger partial charge in [-0.25, -0.2) is 22.0 Å². The molecule has 234 valence electrons. The highest BCUT2D eigenvalue weighted by Gasteiger charge is 2.59. The lowest BCUT2D eigenvalue weighted by molar-refractivity contribution is -0.219. The van der Waals surface area contributed by atoms with Crippen LogP contribution in [0.4, 0.5) is 26.7 Å². The van der Waals surface area contributed by atoms with E-state index in [0.29, 0.717) is 13.1 Å². The Morgan fingerprint density at radius 2 is 1.27 bits per heavy atom. The first-order chi connectivity index (χ1) is 20.7. The Bertz CT molecular complexity index is 1630. The molecule has 44 heavy (non-hydrogen) atoms. The zero-order chi connectivity index (χ0) is 31.9. The van der Waals surface area contributed by atoms with E-state index in [1.54, 1.807) is 4.90 Å². The molecule has 0 spiro atoms.